The summed E-state index contributed by atoms with van der Waals surface area (Å²) in [6.45, 7) is 2.34. The highest BCUT2D eigenvalue weighted by Gasteiger charge is 2.13. The molecule has 17 heavy (non-hydrogen) atoms. The molecule has 1 aliphatic carbocycles. The van der Waals surface area contributed by atoms with Crippen LogP contribution in [0.3, 0.4) is 0 Å². The van der Waals surface area contributed by atoms with Crippen LogP contribution in [0.25, 0.3) is 0 Å². The van der Waals surface area contributed by atoms with Crippen LogP contribution >= 0.6 is 0 Å². The van der Waals surface area contributed by atoms with E-state index in [1.54, 1.807) is 0 Å². The molecule has 0 aromatic carbocycles. The standard InChI is InChI=1S/C12H20N4O/c1-9-7-11(16-17-9)8-14-12(13)15-10-5-3-2-4-6-10/h7,10H,2-6,8H2,1H3,(H3,13,14,15). The molecule has 0 aliphatic heterocycles. The Balaban J connectivity index is 1.80. The molecular weight excluding hydrogens is 216 g/mol. The molecule has 0 radical (unpaired) electrons. The number of guanidine groups is 1. The van der Waals surface area contributed by atoms with Gasteiger partial charge in [0.25, 0.3) is 0 Å². The molecule has 5 heteroatoms. The maximum Gasteiger partial charge on any atom is 0.189 e. The Labute approximate surface area is 101 Å². The highest BCUT2D eigenvalue weighted by atomic mass is 16.5. The second-order valence-corrected chi connectivity index (χ2v) is 4.61. The van der Waals surface area contributed by atoms with Crippen molar-refractivity contribution in [1.82, 2.24) is 10.5 Å². The van der Waals surface area contributed by atoms with Gasteiger partial charge in [-0.1, -0.05) is 24.4 Å². The van der Waals surface area contributed by atoms with E-state index in [-0.39, 0.29) is 0 Å². The van der Waals surface area contributed by atoms with E-state index in [2.05, 4.69) is 15.5 Å². The molecule has 1 fully saturated rings. The Morgan fingerprint density at radius 1 is 1.53 bits per heavy atom. The minimum absolute atomic E-state index is 0.475. The summed E-state index contributed by atoms with van der Waals surface area (Å²) in [5, 5.41) is 7.13. The first-order valence-electron chi connectivity index (χ1n) is 6.22. The lowest BCUT2D eigenvalue weighted by Crippen LogP contribution is -2.41. The number of aliphatic imine (C=N–C) groups is 1. The van der Waals surface area contributed by atoms with Crippen LogP contribution < -0.4 is 11.1 Å². The molecule has 3 N–H and O–H groups in total. The summed E-state index contributed by atoms with van der Waals surface area (Å²) in [6, 6.07) is 2.36. The monoisotopic (exact) mass is 236 g/mol. The lowest BCUT2D eigenvalue weighted by atomic mass is 9.96. The molecule has 0 spiro atoms. The molecule has 0 bridgehead atoms. The molecule has 0 atom stereocenters. The van der Waals surface area contributed by atoms with Crippen molar-refractivity contribution in [1.29, 1.82) is 0 Å². The zero-order chi connectivity index (χ0) is 12.1. The average molecular weight is 236 g/mol. The summed E-state index contributed by atoms with van der Waals surface area (Å²) >= 11 is 0. The van der Waals surface area contributed by atoms with Gasteiger partial charge in [0.2, 0.25) is 0 Å². The number of hydrogen-bond acceptors (Lipinski definition) is 3. The van der Waals surface area contributed by atoms with Gasteiger partial charge in [-0.05, 0) is 19.8 Å². The quantitative estimate of drug-likeness (QED) is 0.619. The summed E-state index contributed by atoms with van der Waals surface area (Å²) in [4.78, 5) is 4.26. The van der Waals surface area contributed by atoms with Crippen molar-refractivity contribution in [3.05, 3.63) is 17.5 Å². The molecule has 0 amide bonds. The zero-order valence-electron chi connectivity index (χ0n) is 10.3. The molecule has 1 aliphatic rings. The first-order valence-corrected chi connectivity index (χ1v) is 6.22. The van der Waals surface area contributed by atoms with Gasteiger partial charge < -0.3 is 15.6 Å². The third kappa shape index (κ3) is 3.76. The second kappa shape index (κ2) is 5.70. The number of rotatable bonds is 3. The van der Waals surface area contributed by atoms with Crippen molar-refractivity contribution in [2.75, 3.05) is 0 Å². The Morgan fingerprint density at radius 3 is 2.94 bits per heavy atom. The topological polar surface area (TPSA) is 76.4 Å². The number of nitrogens with one attached hydrogen (secondary N) is 1. The van der Waals surface area contributed by atoms with E-state index in [0.29, 0.717) is 18.5 Å². The van der Waals surface area contributed by atoms with Gasteiger partial charge in [-0.2, -0.15) is 0 Å². The fraction of sp³-hybridized carbons (Fsp3) is 0.667. The van der Waals surface area contributed by atoms with Crippen LogP contribution in [-0.2, 0) is 6.54 Å². The summed E-state index contributed by atoms with van der Waals surface area (Å²) in [5.74, 6) is 1.31. The number of hydrogen-bond donors (Lipinski definition) is 2. The summed E-state index contributed by atoms with van der Waals surface area (Å²) in [7, 11) is 0. The molecule has 1 aromatic rings. The SMILES string of the molecule is Cc1cc(CN=C(N)NC2CCCCC2)no1. The normalized spacial score (nSPS) is 18.3. The zero-order valence-corrected chi connectivity index (χ0v) is 10.3. The van der Waals surface area contributed by atoms with Crippen molar-refractivity contribution in [2.45, 2.75) is 51.6 Å². The predicted octanol–water partition coefficient (Wildman–Crippen LogP) is 1.72. The highest BCUT2D eigenvalue weighted by molar-refractivity contribution is 5.78. The molecule has 2 rings (SSSR count). The summed E-state index contributed by atoms with van der Waals surface area (Å²) < 4.78 is 4.97. The molecule has 5 nitrogen and oxygen atoms in total. The van der Waals surface area contributed by atoms with E-state index < -0.39 is 0 Å². The van der Waals surface area contributed by atoms with Gasteiger partial charge in [-0.15, -0.1) is 0 Å². The Bertz CT molecular complexity index is 380. The van der Waals surface area contributed by atoms with Gasteiger partial charge in [-0.3, -0.25) is 0 Å². The number of aromatic nitrogens is 1. The fourth-order valence-electron chi connectivity index (χ4n) is 2.16. The minimum Gasteiger partial charge on any atom is -0.370 e. The van der Waals surface area contributed by atoms with Crippen LogP contribution in [-0.4, -0.2) is 17.2 Å². The van der Waals surface area contributed by atoms with Gasteiger partial charge in [0, 0.05) is 12.1 Å². The molecule has 1 heterocycles. The lowest BCUT2D eigenvalue weighted by molar-refractivity contribution is 0.390. The number of nitrogens with two attached hydrogens (primary N) is 1. The van der Waals surface area contributed by atoms with Crippen LogP contribution in [0.15, 0.2) is 15.6 Å². The Hall–Kier alpha value is -1.52. The molecule has 1 saturated carbocycles. The van der Waals surface area contributed by atoms with Crippen molar-refractivity contribution in [3.8, 4) is 0 Å². The fourth-order valence-corrected chi connectivity index (χ4v) is 2.16. The van der Waals surface area contributed by atoms with Crippen LogP contribution in [0.2, 0.25) is 0 Å². The largest absolute Gasteiger partial charge is 0.370 e. The summed E-state index contributed by atoms with van der Waals surface area (Å²) in [6.07, 6.45) is 6.30. The van der Waals surface area contributed by atoms with Gasteiger partial charge in [0.1, 0.15) is 11.5 Å². The molecule has 0 saturated heterocycles. The van der Waals surface area contributed by atoms with E-state index in [9.17, 15) is 0 Å². The van der Waals surface area contributed by atoms with Gasteiger partial charge in [0.05, 0.1) is 6.54 Å². The first kappa shape index (κ1) is 12.0. The van der Waals surface area contributed by atoms with Crippen molar-refractivity contribution < 1.29 is 4.52 Å². The van der Waals surface area contributed by atoms with Crippen molar-refractivity contribution >= 4 is 5.96 Å². The molecule has 1 aromatic heterocycles. The smallest absolute Gasteiger partial charge is 0.189 e. The van der Waals surface area contributed by atoms with Gasteiger partial charge >= 0.3 is 0 Å². The molecular formula is C12H20N4O. The van der Waals surface area contributed by atoms with Crippen molar-refractivity contribution in [2.24, 2.45) is 10.7 Å². The average Bonchev–Trinajstić information content (AvgIpc) is 2.74. The van der Waals surface area contributed by atoms with Crippen LogP contribution in [0, 0.1) is 6.92 Å². The van der Waals surface area contributed by atoms with E-state index in [1.807, 2.05) is 13.0 Å². The van der Waals surface area contributed by atoms with Crippen LogP contribution in [0.5, 0.6) is 0 Å². The van der Waals surface area contributed by atoms with Crippen LogP contribution in [0.1, 0.15) is 43.6 Å². The Kier molecular flexibility index (Phi) is 4.01. The third-order valence-electron chi connectivity index (χ3n) is 3.05. The number of nitrogens with zero attached hydrogens (tertiary/aromatic N) is 2. The predicted molar refractivity (Wildman–Crippen MR) is 66.6 cm³/mol. The maximum absolute atomic E-state index is 5.84. The Morgan fingerprint density at radius 2 is 2.29 bits per heavy atom. The number of aryl methyl sites for hydroxylation is 1. The van der Waals surface area contributed by atoms with Crippen LogP contribution in [0.4, 0.5) is 0 Å². The van der Waals surface area contributed by atoms with E-state index in [4.69, 9.17) is 10.3 Å². The second-order valence-electron chi connectivity index (χ2n) is 4.61. The maximum atomic E-state index is 5.84. The third-order valence-corrected chi connectivity index (χ3v) is 3.05. The van der Waals surface area contributed by atoms with E-state index in [0.717, 1.165) is 11.5 Å². The van der Waals surface area contributed by atoms with E-state index >= 15 is 0 Å². The molecule has 0 unspecified atom stereocenters. The van der Waals surface area contributed by atoms with Gasteiger partial charge in [-0.25, -0.2) is 4.99 Å². The highest BCUT2D eigenvalue weighted by Crippen LogP contribution is 2.17. The van der Waals surface area contributed by atoms with E-state index in [1.165, 1.54) is 32.1 Å². The minimum atomic E-state index is 0.475. The van der Waals surface area contributed by atoms with Gasteiger partial charge in [0.15, 0.2) is 5.96 Å². The molecule has 94 valence electrons. The summed E-state index contributed by atoms with van der Waals surface area (Å²) in [5.41, 5.74) is 6.66. The van der Waals surface area contributed by atoms with Crippen molar-refractivity contribution in [3.63, 3.8) is 0 Å². The lowest BCUT2D eigenvalue weighted by Gasteiger charge is -2.23. The first-order chi connectivity index (χ1) is 8.24.